The molecule has 0 unspecified atom stereocenters. The molecule has 2 aromatic rings. The fraction of sp³-hybridized carbons (Fsp3) is 0. The zero-order chi connectivity index (χ0) is 12.1. The van der Waals surface area contributed by atoms with E-state index < -0.39 is 0 Å². The standard InChI is InChI=1S/C12H10ClN3O/c13-11-4-2-1-3-9(11)5-6-12(17)16-10-7-14-15-8-10/h1-8H,(H,14,15)(H,16,17)/b6-5+. The first-order valence-corrected chi connectivity index (χ1v) is 5.36. The molecule has 0 atom stereocenters. The molecule has 0 aliphatic carbocycles. The van der Waals surface area contributed by atoms with Gasteiger partial charge in [0.1, 0.15) is 0 Å². The molecular formula is C12H10ClN3O. The summed E-state index contributed by atoms with van der Waals surface area (Å²) in [4.78, 5) is 11.5. The predicted molar refractivity (Wildman–Crippen MR) is 67.7 cm³/mol. The Hall–Kier alpha value is -2.07. The third-order valence-electron chi connectivity index (χ3n) is 2.09. The molecule has 0 saturated heterocycles. The molecule has 0 bridgehead atoms. The highest BCUT2D eigenvalue weighted by Crippen LogP contribution is 2.16. The molecule has 4 nitrogen and oxygen atoms in total. The number of amides is 1. The summed E-state index contributed by atoms with van der Waals surface area (Å²) in [5, 5.41) is 9.59. The highest BCUT2D eigenvalue weighted by molar-refractivity contribution is 6.32. The van der Waals surface area contributed by atoms with E-state index in [9.17, 15) is 4.79 Å². The van der Waals surface area contributed by atoms with Crippen LogP contribution >= 0.6 is 11.6 Å². The number of benzene rings is 1. The number of rotatable bonds is 3. The molecule has 0 aliphatic heterocycles. The Morgan fingerprint density at radius 1 is 1.41 bits per heavy atom. The largest absolute Gasteiger partial charge is 0.320 e. The first-order chi connectivity index (χ1) is 8.25. The van der Waals surface area contributed by atoms with Crippen LogP contribution in [0, 0.1) is 0 Å². The number of halogens is 1. The van der Waals surface area contributed by atoms with Gasteiger partial charge in [-0.15, -0.1) is 0 Å². The van der Waals surface area contributed by atoms with Gasteiger partial charge in [0.25, 0.3) is 0 Å². The predicted octanol–water partition coefficient (Wildman–Crippen LogP) is 2.71. The fourth-order valence-electron chi connectivity index (χ4n) is 1.28. The lowest BCUT2D eigenvalue weighted by Crippen LogP contribution is -2.06. The van der Waals surface area contributed by atoms with E-state index in [1.165, 1.54) is 12.3 Å². The number of hydrogen-bond donors (Lipinski definition) is 2. The zero-order valence-electron chi connectivity index (χ0n) is 8.85. The van der Waals surface area contributed by atoms with Gasteiger partial charge in [-0.2, -0.15) is 5.10 Å². The van der Waals surface area contributed by atoms with Crippen LogP contribution in [0.15, 0.2) is 42.7 Å². The Balaban J connectivity index is 2.01. The molecule has 0 aliphatic rings. The summed E-state index contributed by atoms with van der Waals surface area (Å²) in [5.74, 6) is -0.230. The van der Waals surface area contributed by atoms with Gasteiger partial charge < -0.3 is 5.32 Å². The molecule has 0 fully saturated rings. The van der Waals surface area contributed by atoms with Gasteiger partial charge in [-0.05, 0) is 17.7 Å². The summed E-state index contributed by atoms with van der Waals surface area (Å²) in [7, 11) is 0. The minimum atomic E-state index is -0.230. The van der Waals surface area contributed by atoms with Crippen LogP contribution in [-0.2, 0) is 4.79 Å². The Bertz CT molecular complexity index is 534. The SMILES string of the molecule is O=C(/C=C/c1ccccc1Cl)Nc1cn[nH]c1. The van der Waals surface area contributed by atoms with Gasteiger partial charge in [-0.3, -0.25) is 9.89 Å². The zero-order valence-corrected chi connectivity index (χ0v) is 9.61. The van der Waals surface area contributed by atoms with Crippen LogP contribution in [0.2, 0.25) is 5.02 Å². The second kappa shape index (κ2) is 5.32. The highest BCUT2D eigenvalue weighted by atomic mass is 35.5. The first kappa shape index (κ1) is 11.4. The van der Waals surface area contributed by atoms with E-state index in [-0.39, 0.29) is 5.91 Å². The van der Waals surface area contributed by atoms with Crippen molar-refractivity contribution in [2.75, 3.05) is 5.32 Å². The molecule has 5 heteroatoms. The van der Waals surface area contributed by atoms with Crippen LogP contribution < -0.4 is 5.32 Å². The fourth-order valence-corrected chi connectivity index (χ4v) is 1.48. The number of carbonyl (C=O) groups is 1. The number of aromatic amines is 1. The van der Waals surface area contributed by atoms with E-state index in [1.54, 1.807) is 18.3 Å². The normalized spacial score (nSPS) is 10.6. The lowest BCUT2D eigenvalue weighted by Gasteiger charge is -1.98. The molecule has 2 N–H and O–H groups in total. The maximum Gasteiger partial charge on any atom is 0.248 e. The van der Waals surface area contributed by atoms with Crippen molar-refractivity contribution < 1.29 is 4.79 Å². The van der Waals surface area contributed by atoms with Crippen molar-refractivity contribution in [3.05, 3.63) is 53.3 Å². The number of aromatic nitrogens is 2. The topological polar surface area (TPSA) is 57.8 Å². The molecule has 0 radical (unpaired) electrons. The van der Waals surface area contributed by atoms with E-state index in [4.69, 9.17) is 11.6 Å². The van der Waals surface area contributed by atoms with Crippen LogP contribution in [0.5, 0.6) is 0 Å². The highest BCUT2D eigenvalue weighted by Gasteiger charge is 1.99. The van der Waals surface area contributed by atoms with Gasteiger partial charge in [0.05, 0.1) is 11.9 Å². The van der Waals surface area contributed by atoms with Crippen molar-refractivity contribution in [1.82, 2.24) is 10.2 Å². The van der Waals surface area contributed by atoms with Crippen molar-refractivity contribution in [2.24, 2.45) is 0 Å². The minimum Gasteiger partial charge on any atom is -0.320 e. The van der Waals surface area contributed by atoms with Crippen LogP contribution in [0.4, 0.5) is 5.69 Å². The Morgan fingerprint density at radius 2 is 2.24 bits per heavy atom. The molecule has 0 saturated carbocycles. The summed E-state index contributed by atoms with van der Waals surface area (Å²) < 4.78 is 0. The number of hydrogen-bond acceptors (Lipinski definition) is 2. The summed E-state index contributed by atoms with van der Waals surface area (Å²) in [6.07, 6.45) is 6.22. The minimum absolute atomic E-state index is 0.230. The molecule has 1 aromatic carbocycles. The Labute approximate surface area is 103 Å². The van der Waals surface area contributed by atoms with Gasteiger partial charge in [0, 0.05) is 17.3 Å². The maximum absolute atomic E-state index is 11.5. The van der Waals surface area contributed by atoms with Crippen molar-refractivity contribution in [1.29, 1.82) is 0 Å². The molecular weight excluding hydrogens is 238 g/mol. The third kappa shape index (κ3) is 3.19. The smallest absolute Gasteiger partial charge is 0.248 e. The summed E-state index contributed by atoms with van der Waals surface area (Å²) in [6, 6.07) is 7.31. The number of nitrogens with one attached hydrogen (secondary N) is 2. The van der Waals surface area contributed by atoms with Crippen LogP contribution in [-0.4, -0.2) is 16.1 Å². The van der Waals surface area contributed by atoms with Crippen LogP contribution in [0.25, 0.3) is 6.08 Å². The van der Waals surface area contributed by atoms with E-state index in [1.807, 2.05) is 18.2 Å². The quantitative estimate of drug-likeness (QED) is 0.820. The average molecular weight is 248 g/mol. The van der Waals surface area contributed by atoms with Gasteiger partial charge in [0.2, 0.25) is 5.91 Å². The third-order valence-corrected chi connectivity index (χ3v) is 2.43. The van der Waals surface area contributed by atoms with E-state index in [0.717, 1.165) is 5.56 Å². The molecule has 17 heavy (non-hydrogen) atoms. The lowest BCUT2D eigenvalue weighted by molar-refractivity contribution is -0.111. The summed E-state index contributed by atoms with van der Waals surface area (Å²) >= 11 is 5.95. The van der Waals surface area contributed by atoms with Gasteiger partial charge >= 0.3 is 0 Å². The Morgan fingerprint density at radius 3 is 2.94 bits per heavy atom. The summed E-state index contributed by atoms with van der Waals surface area (Å²) in [6.45, 7) is 0. The Kier molecular flexibility index (Phi) is 3.57. The molecule has 2 rings (SSSR count). The lowest BCUT2D eigenvalue weighted by atomic mass is 10.2. The van der Waals surface area contributed by atoms with Gasteiger partial charge in [-0.1, -0.05) is 29.8 Å². The number of anilines is 1. The number of H-pyrrole nitrogens is 1. The molecule has 86 valence electrons. The van der Waals surface area contributed by atoms with Crippen LogP contribution in [0.1, 0.15) is 5.56 Å². The van der Waals surface area contributed by atoms with Crippen molar-refractivity contribution >= 4 is 29.3 Å². The maximum atomic E-state index is 11.5. The second-order valence-electron chi connectivity index (χ2n) is 3.33. The van der Waals surface area contributed by atoms with Crippen LogP contribution in [0.3, 0.4) is 0 Å². The van der Waals surface area contributed by atoms with E-state index >= 15 is 0 Å². The van der Waals surface area contributed by atoms with E-state index in [2.05, 4.69) is 15.5 Å². The molecule has 1 aromatic heterocycles. The van der Waals surface area contributed by atoms with Crippen molar-refractivity contribution in [3.8, 4) is 0 Å². The summed E-state index contributed by atoms with van der Waals surface area (Å²) in [5.41, 5.74) is 1.43. The second-order valence-corrected chi connectivity index (χ2v) is 3.74. The first-order valence-electron chi connectivity index (χ1n) is 4.98. The average Bonchev–Trinajstić information content (AvgIpc) is 2.81. The number of nitrogens with zero attached hydrogens (tertiary/aromatic N) is 1. The molecule has 1 amide bonds. The van der Waals surface area contributed by atoms with Gasteiger partial charge in [-0.25, -0.2) is 0 Å². The number of carbonyl (C=O) groups excluding carboxylic acids is 1. The van der Waals surface area contributed by atoms with E-state index in [0.29, 0.717) is 10.7 Å². The van der Waals surface area contributed by atoms with Crippen molar-refractivity contribution in [3.63, 3.8) is 0 Å². The van der Waals surface area contributed by atoms with Gasteiger partial charge in [0.15, 0.2) is 0 Å². The monoisotopic (exact) mass is 247 g/mol. The molecule has 1 heterocycles. The van der Waals surface area contributed by atoms with Crippen molar-refractivity contribution in [2.45, 2.75) is 0 Å². The molecule has 0 spiro atoms.